The van der Waals surface area contributed by atoms with E-state index in [2.05, 4.69) is 31.9 Å². The van der Waals surface area contributed by atoms with Crippen molar-refractivity contribution >= 4 is 72.2 Å². The van der Waals surface area contributed by atoms with E-state index < -0.39 is 0 Å². The van der Waals surface area contributed by atoms with Gasteiger partial charge in [-0.1, -0.05) is 28.1 Å². The Morgan fingerprint density at radius 3 is 2.41 bits per heavy atom. The maximum atomic E-state index is 12.4. The van der Waals surface area contributed by atoms with Crippen LogP contribution in [0.4, 0.5) is 4.79 Å². The maximum absolute atomic E-state index is 12.4. The van der Waals surface area contributed by atoms with Crippen LogP contribution >= 0.6 is 55.0 Å². The van der Waals surface area contributed by atoms with Gasteiger partial charge in [-0.25, -0.2) is 0 Å². The number of carbonyl (C=O) groups excluding carboxylic acids is 2. The number of halogens is 2. The maximum Gasteiger partial charge on any atom is 0.293 e. The van der Waals surface area contributed by atoms with Gasteiger partial charge in [0.1, 0.15) is 0 Å². The Labute approximate surface area is 152 Å². The number of hydrogen-bond acceptors (Lipinski definition) is 4. The molecule has 1 saturated heterocycles. The predicted octanol–water partition coefficient (Wildman–Crippen LogP) is 5.51. The summed E-state index contributed by atoms with van der Waals surface area (Å²) in [5.41, 5.74) is 0.922. The molecule has 1 aliphatic rings. The van der Waals surface area contributed by atoms with E-state index in [0.717, 1.165) is 30.5 Å². The summed E-state index contributed by atoms with van der Waals surface area (Å²) in [5, 5.41) is -0.227. The molecule has 0 N–H and O–H groups in total. The highest BCUT2D eigenvalue weighted by molar-refractivity contribution is 9.11. The zero-order chi connectivity index (χ0) is 15.7. The molecule has 0 spiro atoms. The number of rotatable bonds is 3. The zero-order valence-corrected chi connectivity index (χ0v) is 15.9. The highest BCUT2D eigenvalue weighted by atomic mass is 79.9. The SMILES string of the molecule is O=C1S/C(=C\c2ccc(Br)s2)C(=O)N1Cc1ccc(Br)cc1. The second-order valence-electron chi connectivity index (χ2n) is 4.54. The van der Waals surface area contributed by atoms with Gasteiger partial charge in [-0.15, -0.1) is 11.3 Å². The van der Waals surface area contributed by atoms with Crippen LogP contribution in [-0.2, 0) is 11.3 Å². The largest absolute Gasteiger partial charge is 0.293 e. The first-order chi connectivity index (χ1) is 10.5. The minimum absolute atomic E-state index is 0.227. The van der Waals surface area contributed by atoms with Gasteiger partial charge >= 0.3 is 0 Å². The molecule has 0 radical (unpaired) electrons. The van der Waals surface area contributed by atoms with E-state index in [1.54, 1.807) is 6.08 Å². The van der Waals surface area contributed by atoms with Crippen molar-refractivity contribution in [2.45, 2.75) is 6.54 Å². The van der Waals surface area contributed by atoms with Gasteiger partial charge in [-0.05, 0) is 63.6 Å². The summed E-state index contributed by atoms with van der Waals surface area (Å²) in [6.45, 7) is 0.295. The van der Waals surface area contributed by atoms with Crippen molar-refractivity contribution in [3.05, 3.63) is 60.0 Å². The summed E-state index contributed by atoms with van der Waals surface area (Å²) in [6.07, 6.45) is 1.77. The Balaban J connectivity index is 1.79. The Bertz CT molecular complexity index is 768. The molecule has 22 heavy (non-hydrogen) atoms. The van der Waals surface area contributed by atoms with Crippen LogP contribution in [0.1, 0.15) is 10.4 Å². The summed E-state index contributed by atoms with van der Waals surface area (Å²) < 4.78 is 1.96. The van der Waals surface area contributed by atoms with Crippen molar-refractivity contribution in [1.82, 2.24) is 4.90 Å². The smallest absolute Gasteiger partial charge is 0.268 e. The molecule has 0 unspecified atom stereocenters. The van der Waals surface area contributed by atoms with Crippen LogP contribution in [0.15, 0.2) is 49.6 Å². The number of carbonyl (C=O) groups is 2. The van der Waals surface area contributed by atoms with Gasteiger partial charge in [-0.2, -0.15) is 0 Å². The van der Waals surface area contributed by atoms with Crippen molar-refractivity contribution in [2.75, 3.05) is 0 Å². The number of amides is 2. The molecule has 2 amide bonds. The molecule has 3 rings (SSSR count). The van der Waals surface area contributed by atoms with E-state index in [1.807, 2.05) is 36.4 Å². The number of benzene rings is 1. The number of nitrogens with zero attached hydrogens (tertiary/aromatic N) is 1. The molecular weight excluding hydrogens is 450 g/mol. The molecule has 1 aromatic heterocycles. The van der Waals surface area contributed by atoms with Crippen molar-refractivity contribution in [1.29, 1.82) is 0 Å². The number of imide groups is 1. The summed E-state index contributed by atoms with van der Waals surface area (Å²) in [6, 6.07) is 11.4. The number of hydrogen-bond donors (Lipinski definition) is 0. The molecule has 0 saturated carbocycles. The normalized spacial score (nSPS) is 16.8. The minimum atomic E-state index is -0.234. The number of thioether (sulfide) groups is 1. The fourth-order valence-corrected chi connectivity index (χ4v) is 4.48. The van der Waals surface area contributed by atoms with Crippen LogP contribution in [0.3, 0.4) is 0 Å². The first-order valence-electron chi connectivity index (χ1n) is 6.28. The molecule has 1 aromatic carbocycles. The molecule has 112 valence electrons. The van der Waals surface area contributed by atoms with E-state index in [-0.39, 0.29) is 11.1 Å². The van der Waals surface area contributed by atoms with Gasteiger partial charge in [0.15, 0.2) is 0 Å². The van der Waals surface area contributed by atoms with Crippen molar-refractivity contribution in [3.63, 3.8) is 0 Å². The first-order valence-corrected chi connectivity index (χ1v) is 9.50. The molecule has 0 bridgehead atoms. The molecule has 1 aliphatic heterocycles. The topological polar surface area (TPSA) is 37.4 Å². The Morgan fingerprint density at radius 1 is 1.05 bits per heavy atom. The Morgan fingerprint density at radius 2 is 1.77 bits per heavy atom. The third kappa shape index (κ3) is 3.53. The van der Waals surface area contributed by atoms with Gasteiger partial charge < -0.3 is 0 Å². The average molecular weight is 459 g/mol. The highest BCUT2D eigenvalue weighted by Crippen LogP contribution is 2.35. The Kier molecular flexibility index (Phi) is 4.87. The highest BCUT2D eigenvalue weighted by Gasteiger charge is 2.35. The lowest BCUT2D eigenvalue weighted by molar-refractivity contribution is -0.123. The third-order valence-electron chi connectivity index (χ3n) is 2.99. The van der Waals surface area contributed by atoms with Crippen LogP contribution in [0, 0.1) is 0 Å². The second-order valence-corrected chi connectivity index (χ2v) is 8.94. The van der Waals surface area contributed by atoms with Crippen LogP contribution in [0.5, 0.6) is 0 Å². The minimum Gasteiger partial charge on any atom is -0.268 e. The van der Waals surface area contributed by atoms with Crippen molar-refractivity contribution in [2.24, 2.45) is 0 Å². The first kappa shape index (κ1) is 16.0. The quantitative estimate of drug-likeness (QED) is 0.569. The molecule has 2 heterocycles. The molecule has 0 atom stereocenters. The zero-order valence-electron chi connectivity index (χ0n) is 11.1. The summed E-state index contributed by atoms with van der Waals surface area (Å²) in [4.78, 5) is 27.2. The van der Waals surface area contributed by atoms with Crippen molar-refractivity contribution < 1.29 is 9.59 Å². The van der Waals surface area contributed by atoms with Crippen LogP contribution in [-0.4, -0.2) is 16.0 Å². The molecular formula is C15H9Br2NO2S2. The standard InChI is InChI=1S/C15H9Br2NO2S2/c16-10-3-1-9(2-4-10)8-18-14(19)12(22-15(18)20)7-11-5-6-13(17)21-11/h1-7H,8H2/b12-7-. The number of thiophene rings is 1. The average Bonchev–Trinajstić information content (AvgIpc) is 3.00. The van der Waals surface area contributed by atoms with Gasteiger partial charge in [0.05, 0.1) is 15.2 Å². The van der Waals surface area contributed by atoms with Crippen molar-refractivity contribution in [3.8, 4) is 0 Å². The van der Waals surface area contributed by atoms with E-state index >= 15 is 0 Å². The lowest BCUT2D eigenvalue weighted by Crippen LogP contribution is -2.27. The lowest BCUT2D eigenvalue weighted by atomic mass is 10.2. The molecule has 7 heteroatoms. The van der Waals surface area contributed by atoms with E-state index in [4.69, 9.17) is 0 Å². The molecule has 1 fully saturated rings. The molecule has 2 aromatic rings. The Hall–Kier alpha value is -0.890. The molecule has 0 aliphatic carbocycles. The van der Waals surface area contributed by atoms with Crippen LogP contribution in [0.25, 0.3) is 6.08 Å². The third-order valence-corrected chi connectivity index (χ3v) is 6.00. The monoisotopic (exact) mass is 457 g/mol. The van der Waals surface area contributed by atoms with Gasteiger partial charge in [0.2, 0.25) is 0 Å². The predicted molar refractivity (Wildman–Crippen MR) is 97.7 cm³/mol. The van der Waals surface area contributed by atoms with Gasteiger partial charge in [0, 0.05) is 9.35 Å². The second kappa shape index (κ2) is 6.70. The fraction of sp³-hybridized carbons (Fsp3) is 0.0667. The van der Waals surface area contributed by atoms with Crippen LogP contribution < -0.4 is 0 Å². The van der Waals surface area contributed by atoms with Gasteiger partial charge in [-0.3, -0.25) is 14.5 Å². The van der Waals surface area contributed by atoms with E-state index in [9.17, 15) is 9.59 Å². The van der Waals surface area contributed by atoms with Crippen LogP contribution in [0.2, 0.25) is 0 Å². The lowest BCUT2D eigenvalue weighted by Gasteiger charge is -2.12. The molecule has 3 nitrogen and oxygen atoms in total. The van der Waals surface area contributed by atoms with Gasteiger partial charge in [0.25, 0.3) is 11.1 Å². The fourth-order valence-electron chi connectivity index (χ4n) is 1.94. The summed E-state index contributed by atoms with van der Waals surface area (Å²) in [5.74, 6) is -0.234. The van der Waals surface area contributed by atoms with E-state index in [0.29, 0.717) is 11.4 Å². The summed E-state index contributed by atoms with van der Waals surface area (Å²) >= 11 is 9.27. The summed E-state index contributed by atoms with van der Waals surface area (Å²) in [7, 11) is 0. The van der Waals surface area contributed by atoms with E-state index in [1.165, 1.54) is 16.2 Å².